The van der Waals surface area contributed by atoms with Crippen LogP contribution < -0.4 is 0 Å². The Kier molecular flexibility index (Phi) is 2.57. The Morgan fingerprint density at radius 1 is 1.33 bits per heavy atom. The molecule has 0 aliphatic heterocycles. The molecule has 0 saturated heterocycles. The van der Waals surface area contributed by atoms with E-state index in [0.29, 0.717) is 17.6 Å². The first-order valence-corrected chi connectivity index (χ1v) is 5.91. The summed E-state index contributed by atoms with van der Waals surface area (Å²) < 4.78 is 0. The summed E-state index contributed by atoms with van der Waals surface area (Å²) in [6.07, 6.45) is 5.71. The van der Waals surface area contributed by atoms with Crippen molar-refractivity contribution in [1.82, 2.24) is 0 Å². The van der Waals surface area contributed by atoms with Crippen molar-refractivity contribution in [3.8, 4) is 0 Å². The van der Waals surface area contributed by atoms with Crippen LogP contribution >= 0.6 is 0 Å². The molecular formula is C14H20O. The van der Waals surface area contributed by atoms with Gasteiger partial charge in [-0.3, -0.25) is 4.79 Å². The molecule has 2 bridgehead atoms. The van der Waals surface area contributed by atoms with Crippen molar-refractivity contribution in [2.75, 3.05) is 0 Å². The zero-order chi connectivity index (χ0) is 11.2. The molecule has 82 valence electrons. The molecule has 1 nitrogen and oxygen atoms in total. The van der Waals surface area contributed by atoms with Crippen LogP contribution in [0.15, 0.2) is 23.3 Å². The van der Waals surface area contributed by atoms with Crippen LogP contribution in [0.4, 0.5) is 0 Å². The Labute approximate surface area is 92.3 Å². The summed E-state index contributed by atoms with van der Waals surface area (Å²) >= 11 is 0. The lowest BCUT2D eigenvalue weighted by atomic mass is 9.80. The lowest BCUT2D eigenvalue weighted by Crippen LogP contribution is -2.25. The van der Waals surface area contributed by atoms with Gasteiger partial charge in [-0.2, -0.15) is 0 Å². The first-order chi connectivity index (χ1) is 7.02. The zero-order valence-corrected chi connectivity index (χ0v) is 10.1. The van der Waals surface area contributed by atoms with Gasteiger partial charge in [0.15, 0.2) is 0 Å². The van der Waals surface area contributed by atoms with E-state index >= 15 is 0 Å². The standard InChI is InChI=1S/C14H20O/c1-8(2)12-10-5-6-11(7-10)13(12)14(15)9(3)4/h5-6,9-11,13H,7H2,1-4H3/t10-,11+,13+/m0/s1. The summed E-state index contributed by atoms with van der Waals surface area (Å²) in [4.78, 5) is 12.2. The molecular weight excluding hydrogens is 184 g/mol. The maximum atomic E-state index is 12.2. The highest BCUT2D eigenvalue weighted by atomic mass is 16.1. The van der Waals surface area contributed by atoms with Crippen molar-refractivity contribution >= 4 is 5.78 Å². The molecule has 2 aliphatic carbocycles. The van der Waals surface area contributed by atoms with Crippen LogP contribution in [0.25, 0.3) is 0 Å². The van der Waals surface area contributed by atoms with Crippen molar-refractivity contribution in [2.45, 2.75) is 34.1 Å². The number of allylic oxidation sites excluding steroid dienone is 4. The van der Waals surface area contributed by atoms with Crippen molar-refractivity contribution < 1.29 is 4.79 Å². The molecule has 2 rings (SSSR count). The van der Waals surface area contributed by atoms with Gasteiger partial charge < -0.3 is 0 Å². The van der Waals surface area contributed by atoms with Crippen LogP contribution in [0, 0.1) is 23.7 Å². The van der Waals surface area contributed by atoms with Crippen molar-refractivity contribution in [3.05, 3.63) is 23.3 Å². The first kappa shape index (κ1) is 10.7. The lowest BCUT2D eigenvalue weighted by molar-refractivity contribution is -0.125. The molecule has 1 saturated carbocycles. The molecule has 3 atom stereocenters. The molecule has 0 radical (unpaired) electrons. The van der Waals surface area contributed by atoms with Gasteiger partial charge in [0, 0.05) is 11.8 Å². The predicted molar refractivity (Wildman–Crippen MR) is 62.4 cm³/mol. The highest BCUT2D eigenvalue weighted by molar-refractivity contribution is 5.87. The molecule has 0 heterocycles. The molecule has 0 N–H and O–H groups in total. The zero-order valence-electron chi connectivity index (χ0n) is 10.1. The average molecular weight is 204 g/mol. The second-order valence-corrected chi connectivity index (χ2v) is 5.38. The smallest absolute Gasteiger partial charge is 0.143 e. The van der Waals surface area contributed by atoms with Crippen molar-refractivity contribution in [3.63, 3.8) is 0 Å². The summed E-state index contributed by atoms with van der Waals surface area (Å²) in [5, 5.41) is 0. The van der Waals surface area contributed by atoms with Crippen molar-refractivity contribution in [2.24, 2.45) is 23.7 Å². The Hall–Kier alpha value is -0.850. The minimum atomic E-state index is 0.164. The second-order valence-electron chi connectivity index (χ2n) is 5.38. The molecule has 0 amide bonds. The molecule has 0 unspecified atom stereocenters. The molecule has 0 aromatic heterocycles. The van der Waals surface area contributed by atoms with Gasteiger partial charge in [-0.25, -0.2) is 0 Å². The minimum Gasteiger partial charge on any atom is -0.299 e. The van der Waals surface area contributed by atoms with Gasteiger partial charge in [-0.1, -0.05) is 37.1 Å². The van der Waals surface area contributed by atoms with Gasteiger partial charge >= 0.3 is 0 Å². The molecule has 0 aromatic rings. The van der Waals surface area contributed by atoms with Crippen LogP contribution in [0.1, 0.15) is 34.1 Å². The molecule has 15 heavy (non-hydrogen) atoms. The fourth-order valence-corrected chi connectivity index (χ4v) is 3.07. The Morgan fingerprint density at radius 3 is 2.53 bits per heavy atom. The fourth-order valence-electron chi connectivity index (χ4n) is 3.07. The van der Waals surface area contributed by atoms with Crippen LogP contribution in [0.5, 0.6) is 0 Å². The number of ketones is 1. The Balaban J connectivity index is 2.36. The summed E-state index contributed by atoms with van der Waals surface area (Å²) in [6.45, 7) is 8.32. The number of rotatable bonds is 2. The van der Waals surface area contributed by atoms with E-state index in [0.717, 1.165) is 0 Å². The lowest BCUT2D eigenvalue weighted by Gasteiger charge is -2.23. The maximum absolute atomic E-state index is 12.2. The summed E-state index contributed by atoms with van der Waals surface area (Å²) in [6, 6.07) is 0. The van der Waals surface area contributed by atoms with Gasteiger partial charge in [-0.05, 0) is 32.1 Å². The predicted octanol–water partition coefficient (Wildman–Crippen LogP) is 3.37. The van der Waals surface area contributed by atoms with E-state index < -0.39 is 0 Å². The topological polar surface area (TPSA) is 17.1 Å². The summed E-state index contributed by atoms with van der Waals surface area (Å²) in [5.41, 5.74) is 2.77. The molecule has 0 aromatic carbocycles. The van der Waals surface area contributed by atoms with E-state index in [2.05, 4.69) is 26.0 Å². The Bertz CT molecular complexity index is 342. The van der Waals surface area contributed by atoms with Crippen LogP contribution in [-0.4, -0.2) is 5.78 Å². The van der Waals surface area contributed by atoms with Crippen LogP contribution in [0.3, 0.4) is 0 Å². The Morgan fingerprint density at radius 2 is 2.00 bits per heavy atom. The normalized spacial score (nSPS) is 32.9. The van der Waals surface area contributed by atoms with Crippen LogP contribution in [-0.2, 0) is 4.79 Å². The van der Waals surface area contributed by atoms with Gasteiger partial charge in [0.25, 0.3) is 0 Å². The number of fused-ring (bicyclic) bond motifs is 2. The first-order valence-electron chi connectivity index (χ1n) is 5.91. The number of hydrogen-bond acceptors (Lipinski definition) is 1. The third kappa shape index (κ3) is 1.58. The molecule has 1 fully saturated rings. The minimum absolute atomic E-state index is 0.164. The number of carbonyl (C=O) groups is 1. The van der Waals surface area contributed by atoms with Gasteiger partial charge in [0.1, 0.15) is 5.78 Å². The highest BCUT2D eigenvalue weighted by Crippen LogP contribution is 2.49. The molecule has 1 heteroatoms. The summed E-state index contributed by atoms with van der Waals surface area (Å²) in [5.74, 6) is 1.85. The molecule has 2 aliphatic rings. The van der Waals surface area contributed by atoms with E-state index in [1.54, 1.807) is 0 Å². The van der Waals surface area contributed by atoms with E-state index in [1.165, 1.54) is 17.6 Å². The maximum Gasteiger partial charge on any atom is 0.143 e. The number of Topliss-reactive ketones (excluding diaryl/α,β-unsaturated/α-hetero) is 1. The average Bonchev–Trinajstić information content (AvgIpc) is 2.74. The van der Waals surface area contributed by atoms with Crippen LogP contribution in [0.2, 0.25) is 0 Å². The third-order valence-corrected chi connectivity index (χ3v) is 3.73. The summed E-state index contributed by atoms with van der Waals surface area (Å²) in [7, 11) is 0. The largest absolute Gasteiger partial charge is 0.299 e. The van der Waals surface area contributed by atoms with E-state index in [-0.39, 0.29) is 11.8 Å². The van der Waals surface area contributed by atoms with Gasteiger partial charge in [-0.15, -0.1) is 0 Å². The SMILES string of the molecule is CC(C)=C1[C@H](C(=O)C(C)C)[C@@H]2C=C[C@H]1C2. The number of hydrogen-bond donors (Lipinski definition) is 0. The molecule has 0 spiro atoms. The highest BCUT2D eigenvalue weighted by Gasteiger charge is 2.44. The monoisotopic (exact) mass is 204 g/mol. The second kappa shape index (κ2) is 3.62. The fraction of sp³-hybridized carbons (Fsp3) is 0.643. The van der Waals surface area contributed by atoms with E-state index in [4.69, 9.17) is 0 Å². The third-order valence-electron chi connectivity index (χ3n) is 3.73. The van der Waals surface area contributed by atoms with Gasteiger partial charge in [0.05, 0.1) is 0 Å². The quantitative estimate of drug-likeness (QED) is 0.630. The van der Waals surface area contributed by atoms with Crippen molar-refractivity contribution in [1.29, 1.82) is 0 Å². The van der Waals surface area contributed by atoms with Gasteiger partial charge in [0.2, 0.25) is 0 Å². The van der Waals surface area contributed by atoms with E-state index in [9.17, 15) is 4.79 Å². The van der Waals surface area contributed by atoms with E-state index in [1.807, 2.05) is 13.8 Å². The number of carbonyl (C=O) groups excluding carboxylic acids is 1.